The number of ketones is 1. The summed E-state index contributed by atoms with van der Waals surface area (Å²) in [5.41, 5.74) is -4.30. The summed E-state index contributed by atoms with van der Waals surface area (Å²) < 4.78 is 91.9. The summed E-state index contributed by atoms with van der Waals surface area (Å²) in [5.74, 6) is -13.3. The SMILES string of the molecule is O=C1C(C(F)(F)F)=C(N2CCCCC2)C(F)(F)C1(F)F. The fraction of sp³-hybridized carbons (Fsp3) is 0.727. The van der Waals surface area contributed by atoms with Crippen LogP contribution in [0.2, 0.25) is 0 Å². The van der Waals surface area contributed by atoms with Gasteiger partial charge in [-0.3, -0.25) is 4.79 Å². The molecule has 2 rings (SSSR count). The van der Waals surface area contributed by atoms with Crippen molar-refractivity contribution in [1.29, 1.82) is 0 Å². The maximum Gasteiger partial charge on any atom is 0.421 e. The van der Waals surface area contributed by atoms with Gasteiger partial charge in [-0.15, -0.1) is 0 Å². The molecule has 2 aliphatic rings. The van der Waals surface area contributed by atoms with Gasteiger partial charge in [0.1, 0.15) is 11.3 Å². The zero-order valence-corrected chi connectivity index (χ0v) is 10.0. The standard InChI is InChI=1S/C11H10F7NO/c12-9(13)7(19-4-2-1-3-5-19)6(11(16,17)18)8(20)10(9,14)15/h1-5H2. The Hall–Kier alpha value is -1.28. The van der Waals surface area contributed by atoms with E-state index in [1.54, 1.807) is 0 Å². The van der Waals surface area contributed by atoms with Gasteiger partial charge < -0.3 is 4.90 Å². The number of halogens is 7. The first-order valence-electron chi connectivity index (χ1n) is 5.88. The smallest absolute Gasteiger partial charge is 0.369 e. The first kappa shape index (κ1) is 15.1. The van der Waals surface area contributed by atoms with Crippen molar-refractivity contribution in [3.63, 3.8) is 0 Å². The number of hydrogen-bond acceptors (Lipinski definition) is 2. The molecular weight excluding hydrogens is 295 g/mol. The molecule has 0 spiro atoms. The zero-order valence-electron chi connectivity index (χ0n) is 10.0. The van der Waals surface area contributed by atoms with Gasteiger partial charge in [-0.05, 0) is 19.3 Å². The molecule has 0 aromatic heterocycles. The summed E-state index contributed by atoms with van der Waals surface area (Å²) in [7, 11) is 0. The number of allylic oxidation sites excluding steroid dienone is 2. The predicted octanol–water partition coefficient (Wildman–Crippen LogP) is 3.14. The Balaban J connectivity index is 2.59. The molecule has 0 bridgehead atoms. The molecule has 1 saturated heterocycles. The molecule has 1 fully saturated rings. The molecule has 0 N–H and O–H groups in total. The van der Waals surface area contributed by atoms with Crippen molar-refractivity contribution in [2.75, 3.05) is 13.1 Å². The average Bonchev–Trinajstić information content (AvgIpc) is 2.47. The van der Waals surface area contributed by atoms with Crippen molar-refractivity contribution in [3.05, 3.63) is 11.3 Å². The van der Waals surface area contributed by atoms with Crippen LogP contribution in [0, 0.1) is 0 Å². The fourth-order valence-corrected chi connectivity index (χ4v) is 2.45. The van der Waals surface area contributed by atoms with Crippen molar-refractivity contribution in [3.8, 4) is 0 Å². The van der Waals surface area contributed by atoms with E-state index < -0.39 is 35.1 Å². The molecule has 0 atom stereocenters. The van der Waals surface area contributed by atoms with E-state index in [1.165, 1.54) is 0 Å². The molecule has 9 heteroatoms. The van der Waals surface area contributed by atoms with Crippen LogP contribution < -0.4 is 0 Å². The van der Waals surface area contributed by atoms with E-state index >= 15 is 0 Å². The van der Waals surface area contributed by atoms with Crippen LogP contribution in [0.25, 0.3) is 0 Å². The average molecular weight is 305 g/mol. The lowest BCUT2D eigenvalue weighted by Gasteiger charge is -2.34. The third kappa shape index (κ3) is 1.98. The molecule has 1 aliphatic heterocycles. The number of rotatable bonds is 1. The van der Waals surface area contributed by atoms with Crippen molar-refractivity contribution in [2.45, 2.75) is 37.3 Å². The quantitative estimate of drug-likeness (QED) is 0.694. The Labute approximate surface area is 109 Å². The van der Waals surface area contributed by atoms with E-state index in [-0.39, 0.29) is 13.1 Å². The van der Waals surface area contributed by atoms with E-state index in [0.717, 1.165) is 0 Å². The maximum absolute atomic E-state index is 13.6. The highest BCUT2D eigenvalue weighted by Crippen LogP contribution is 2.53. The van der Waals surface area contributed by atoms with Crippen molar-refractivity contribution in [1.82, 2.24) is 4.90 Å². The highest BCUT2D eigenvalue weighted by Gasteiger charge is 2.75. The van der Waals surface area contributed by atoms with Crippen molar-refractivity contribution >= 4 is 5.78 Å². The number of hydrogen-bond donors (Lipinski definition) is 0. The Morgan fingerprint density at radius 1 is 0.900 bits per heavy atom. The number of nitrogens with zero attached hydrogens (tertiary/aromatic N) is 1. The van der Waals surface area contributed by atoms with E-state index in [1.807, 2.05) is 0 Å². The molecule has 0 unspecified atom stereocenters. The van der Waals surface area contributed by atoms with E-state index in [2.05, 4.69) is 0 Å². The molecule has 114 valence electrons. The van der Waals surface area contributed by atoms with Gasteiger partial charge in [-0.25, -0.2) is 0 Å². The molecule has 0 radical (unpaired) electrons. The van der Waals surface area contributed by atoms with Gasteiger partial charge in [0.15, 0.2) is 0 Å². The van der Waals surface area contributed by atoms with Gasteiger partial charge in [0.2, 0.25) is 5.78 Å². The highest BCUT2D eigenvalue weighted by atomic mass is 19.4. The molecule has 0 saturated carbocycles. The normalized spacial score (nSPS) is 26.4. The van der Waals surface area contributed by atoms with Crippen LogP contribution in [0.15, 0.2) is 11.3 Å². The second-order valence-corrected chi connectivity index (χ2v) is 4.75. The molecule has 1 heterocycles. The van der Waals surface area contributed by atoms with Crippen LogP contribution in [0.1, 0.15) is 19.3 Å². The van der Waals surface area contributed by atoms with E-state index in [9.17, 15) is 35.5 Å². The summed E-state index contributed by atoms with van der Waals surface area (Å²) in [6, 6.07) is 0. The summed E-state index contributed by atoms with van der Waals surface area (Å²) in [5, 5.41) is 0. The van der Waals surface area contributed by atoms with Gasteiger partial charge in [-0.1, -0.05) is 0 Å². The molecule has 0 aromatic carbocycles. The molecule has 0 aromatic rings. The van der Waals surface area contributed by atoms with E-state index in [4.69, 9.17) is 0 Å². The lowest BCUT2D eigenvalue weighted by atomic mass is 10.1. The van der Waals surface area contributed by atoms with E-state index in [0.29, 0.717) is 24.2 Å². The number of carbonyl (C=O) groups is 1. The molecule has 1 aliphatic carbocycles. The topological polar surface area (TPSA) is 20.3 Å². The number of Topliss-reactive ketones (excluding diaryl/α,β-unsaturated/α-hetero) is 1. The number of carbonyl (C=O) groups excluding carboxylic acids is 1. The van der Waals surface area contributed by atoms with Crippen molar-refractivity contribution in [2.24, 2.45) is 0 Å². The Morgan fingerprint density at radius 2 is 1.40 bits per heavy atom. The monoisotopic (exact) mass is 305 g/mol. The first-order chi connectivity index (χ1) is 9.01. The number of likely N-dealkylation sites (tertiary alicyclic amines) is 1. The third-order valence-corrected chi connectivity index (χ3v) is 3.40. The number of piperidine rings is 1. The largest absolute Gasteiger partial charge is 0.421 e. The lowest BCUT2D eigenvalue weighted by Crippen LogP contribution is -2.46. The Bertz CT molecular complexity index is 460. The summed E-state index contributed by atoms with van der Waals surface area (Å²) in [4.78, 5) is 11.7. The van der Waals surface area contributed by atoms with Crippen LogP contribution in [0.5, 0.6) is 0 Å². The van der Waals surface area contributed by atoms with Crippen molar-refractivity contribution < 1.29 is 35.5 Å². The summed E-state index contributed by atoms with van der Waals surface area (Å²) in [6.45, 7) is -0.401. The van der Waals surface area contributed by atoms with Crippen LogP contribution in [0.3, 0.4) is 0 Å². The van der Waals surface area contributed by atoms with Gasteiger partial charge in [-0.2, -0.15) is 30.7 Å². The third-order valence-electron chi connectivity index (χ3n) is 3.40. The predicted molar refractivity (Wildman–Crippen MR) is 53.4 cm³/mol. The first-order valence-corrected chi connectivity index (χ1v) is 5.88. The zero-order chi connectivity index (χ0) is 15.3. The highest BCUT2D eigenvalue weighted by molar-refractivity contribution is 6.06. The molecule has 2 nitrogen and oxygen atoms in total. The lowest BCUT2D eigenvalue weighted by molar-refractivity contribution is -0.188. The van der Waals surface area contributed by atoms with Crippen LogP contribution in [-0.4, -0.2) is 41.8 Å². The van der Waals surface area contributed by atoms with Gasteiger partial charge in [0, 0.05) is 13.1 Å². The summed E-state index contributed by atoms with van der Waals surface area (Å²) in [6.07, 6.45) is -4.30. The molecule has 20 heavy (non-hydrogen) atoms. The fourth-order valence-electron chi connectivity index (χ4n) is 2.45. The second kappa shape index (κ2) is 4.36. The maximum atomic E-state index is 13.6. The van der Waals surface area contributed by atoms with Crippen LogP contribution in [0.4, 0.5) is 30.7 Å². The van der Waals surface area contributed by atoms with Gasteiger partial charge in [0.05, 0.1) is 0 Å². The molecule has 0 amide bonds. The Morgan fingerprint density at radius 3 is 1.85 bits per heavy atom. The van der Waals surface area contributed by atoms with Gasteiger partial charge in [0.25, 0.3) is 0 Å². The minimum absolute atomic E-state index is 0.201. The Kier molecular flexibility index (Phi) is 3.29. The minimum Gasteiger partial charge on any atom is -0.369 e. The molecular formula is C11H10F7NO. The second-order valence-electron chi connectivity index (χ2n) is 4.75. The minimum atomic E-state index is -5.53. The summed E-state index contributed by atoms with van der Waals surface area (Å²) >= 11 is 0. The van der Waals surface area contributed by atoms with Crippen LogP contribution in [-0.2, 0) is 4.79 Å². The van der Waals surface area contributed by atoms with Gasteiger partial charge >= 0.3 is 18.0 Å². The van der Waals surface area contributed by atoms with Crippen LogP contribution >= 0.6 is 0 Å². The number of alkyl halides is 7.